The van der Waals surface area contributed by atoms with Gasteiger partial charge in [-0.1, -0.05) is 26.2 Å². The molecule has 1 aliphatic carbocycles. The molecule has 1 saturated carbocycles. The van der Waals surface area contributed by atoms with Crippen molar-refractivity contribution in [2.45, 2.75) is 58.4 Å². The summed E-state index contributed by atoms with van der Waals surface area (Å²) in [4.78, 5) is 41.1. The first-order valence-electron chi connectivity index (χ1n) is 9.39. The first-order chi connectivity index (χ1) is 12.1. The third-order valence-corrected chi connectivity index (χ3v) is 5.32. The molecule has 0 aromatic heterocycles. The van der Waals surface area contributed by atoms with Crippen LogP contribution in [0.5, 0.6) is 0 Å². The van der Waals surface area contributed by atoms with Crippen LogP contribution in [-0.4, -0.2) is 46.7 Å². The second-order valence-electron chi connectivity index (χ2n) is 6.91. The Bertz CT molecular complexity index is 692. The van der Waals surface area contributed by atoms with Crippen LogP contribution in [0.2, 0.25) is 0 Å². The van der Waals surface area contributed by atoms with E-state index in [4.69, 9.17) is 0 Å². The highest BCUT2D eigenvalue weighted by Crippen LogP contribution is 2.27. The summed E-state index contributed by atoms with van der Waals surface area (Å²) < 4.78 is 0. The summed E-state index contributed by atoms with van der Waals surface area (Å²) in [7, 11) is 0. The fraction of sp³-hybridized carbons (Fsp3) is 0.550. The number of carbonyl (C=O) groups excluding carboxylic acids is 3. The molecule has 1 heterocycles. The van der Waals surface area contributed by atoms with Gasteiger partial charge < -0.3 is 4.90 Å². The van der Waals surface area contributed by atoms with E-state index in [0.717, 1.165) is 38.5 Å². The Labute approximate surface area is 149 Å². The number of carbonyl (C=O) groups is 3. The van der Waals surface area contributed by atoms with E-state index in [-0.39, 0.29) is 17.7 Å². The molecule has 1 aromatic rings. The molecule has 0 saturated heterocycles. The molecule has 5 nitrogen and oxygen atoms in total. The Kier molecular flexibility index (Phi) is 5.21. The third kappa shape index (κ3) is 3.20. The number of hydrogen-bond acceptors (Lipinski definition) is 3. The molecule has 3 amide bonds. The minimum absolute atomic E-state index is 0.0375. The quantitative estimate of drug-likeness (QED) is 0.744. The molecule has 0 bridgehead atoms. The second kappa shape index (κ2) is 7.38. The molecule has 2 aliphatic rings. The van der Waals surface area contributed by atoms with Crippen molar-refractivity contribution in [1.29, 1.82) is 0 Å². The highest BCUT2D eigenvalue weighted by atomic mass is 16.2. The summed E-state index contributed by atoms with van der Waals surface area (Å²) >= 11 is 0. The van der Waals surface area contributed by atoms with Crippen LogP contribution in [0.15, 0.2) is 18.2 Å². The fourth-order valence-corrected chi connectivity index (χ4v) is 3.89. The predicted molar refractivity (Wildman–Crippen MR) is 95.7 cm³/mol. The topological polar surface area (TPSA) is 57.7 Å². The van der Waals surface area contributed by atoms with Gasteiger partial charge in [-0.2, -0.15) is 0 Å². The highest BCUT2D eigenvalue weighted by molar-refractivity contribution is 6.22. The van der Waals surface area contributed by atoms with Gasteiger partial charge in [0.2, 0.25) is 0 Å². The summed E-state index contributed by atoms with van der Waals surface area (Å²) in [6.45, 7) is 5.12. The van der Waals surface area contributed by atoms with Crippen molar-refractivity contribution in [1.82, 2.24) is 9.80 Å². The van der Waals surface area contributed by atoms with Crippen molar-refractivity contribution in [3.63, 3.8) is 0 Å². The first kappa shape index (κ1) is 17.6. The van der Waals surface area contributed by atoms with E-state index in [1.165, 1.54) is 4.90 Å². The summed E-state index contributed by atoms with van der Waals surface area (Å²) in [6.07, 6.45) is 6.14. The van der Waals surface area contributed by atoms with Gasteiger partial charge in [0.1, 0.15) is 0 Å². The van der Waals surface area contributed by atoms with Crippen molar-refractivity contribution >= 4 is 17.7 Å². The molecule has 0 spiro atoms. The second-order valence-corrected chi connectivity index (χ2v) is 6.91. The maximum absolute atomic E-state index is 12.9. The van der Waals surface area contributed by atoms with E-state index in [2.05, 4.69) is 0 Å². The standard InChI is InChI=1S/C20H26N2O3/c1-3-5-12-22-19(24)16-11-10-14(13-17(16)20(22)25)18(23)21(4-2)15-8-6-7-9-15/h10-11,13,15H,3-9,12H2,1-2H3. The molecule has 3 rings (SSSR count). The van der Waals surface area contributed by atoms with Crippen LogP contribution in [0.3, 0.4) is 0 Å². The monoisotopic (exact) mass is 342 g/mol. The van der Waals surface area contributed by atoms with E-state index in [1.807, 2.05) is 18.7 Å². The van der Waals surface area contributed by atoms with Gasteiger partial charge in [0.25, 0.3) is 17.7 Å². The summed E-state index contributed by atoms with van der Waals surface area (Å²) in [6, 6.07) is 5.23. The van der Waals surface area contributed by atoms with Crippen molar-refractivity contribution < 1.29 is 14.4 Å². The Morgan fingerprint density at radius 1 is 1.12 bits per heavy atom. The van der Waals surface area contributed by atoms with E-state index >= 15 is 0 Å². The molecule has 25 heavy (non-hydrogen) atoms. The SMILES string of the molecule is CCCCN1C(=O)c2ccc(C(=O)N(CC)C3CCCC3)cc2C1=O. The largest absolute Gasteiger partial charge is 0.336 e. The zero-order valence-corrected chi connectivity index (χ0v) is 15.1. The number of hydrogen-bond donors (Lipinski definition) is 0. The number of rotatable bonds is 6. The van der Waals surface area contributed by atoms with E-state index in [9.17, 15) is 14.4 Å². The van der Waals surface area contributed by atoms with Gasteiger partial charge in [0.15, 0.2) is 0 Å². The number of imide groups is 1. The Hall–Kier alpha value is -2.17. The van der Waals surface area contributed by atoms with E-state index in [1.54, 1.807) is 18.2 Å². The normalized spacial score (nSPS) is 17.3. The van der Waals surface area contributed by atoms with Crippen LogP contribution in [0, 0.1) is 0 Å². The molecule has 1 aromatic carbocycles. The predicted octanol–water partition coefficient (Wildman–Crippen LogP) is 3.49. The number of nitrogens with zero attached hydrogens (tertiary/aromatic N) is 2. The zero-order chi connectivity index (χ0) is 18.0. The molecular formula is C20H26N2O3. The lowest BCUT2D eigenvalue weighted by Gasteiger charge is -2.27. The Morgan fingerprint density at radius 3 is 2.44 bits per heavy atom. The minimum Gasteiger partial charge on any atom is -0.336 e. The fourth-order valence-electron chi connectivity index (χ4n) is 3.89. The molecule has 1 fully saturated rings. The van der Waals surface area contributed by atoms with Crippen molar-refractivity contribution in [3.05, 3.63) is 34.9 Å². The van der Waals surface area contributed by atoms with Crippen molar-refractivity contribution in [3.8, 4) is 0 Å². The summed E-state index contributed by atoms with van der Waals surface area (Å²) in [5.74, 6) is -0.549. The lowest BCUT2D eigenvalue weighted by atomic mass is 10.0. The van der Waals surface area contributed by atoms with Crippen LogP contribution >= 0.6 is 0 Å². The number of unbranched alkanes of at least 4 members (excludes halogenated alkanes) is 1. The first-order valence-corrected chi connectivity index (χ1v) is 9.39. The molecule has 0 atom stereocenters. The molecule has 1 aliphatic heterocycles. The maximum Gasteiger partial charge on any atom is 0.261 e. The average Bonchev–Trinajstić information content (AvgIpc) is 3.22. The molecule has 0 radical (unpaired) electrons. The van der Waals surface area contributed by atoms with Crippen molar-refractivity contribution in [2.75, 3.05) is 13.1 Å². The van der Waals surface area contributed by atoms with Crippen LogP contribution in [0.4, 0.5) is 0 Å². The summed E-state index contributed by atoms with van der Waals surface area (Å²) in [5, 5.41) is 0. The third-order valence-electron chi connectivity index (χ3n) is 5.32. The number of fused-ring (bicyclic) bond motifs is 1. The van der Waals surface area contributed by atoms with E-state index < -0.39 is 0 Å². The van der Waals surface area contributed by atoms with Gasteiger partial charge >= 0.3 is 0 Å². The van der Waals surface area contributed by atoms with Gasteiger partial charge in [-0.05, 0) is 44.4 Å². The number of amides is 3. The molecular weight excluding hydrogens is 316 g/mol. The summed E-state index contributed by atoms with van der Waals surface area (Å²) in [5.41, 5.74) is 1.29. The maximum atomic E-state index is 12.9. The van der Waals surface area contributed by atoms with Crippen LogP contribution in [0.1, 0.15) is 83.4 Å². The van der Waals surface area contributed by atoms with Crippen LogP contribution < -0.4 is 0 Å². The molecule has 5 heteroatoms. The van der Waals surface area contributed by atoms with Gasteiger partial charge in [-0.25, -0.2) is 0 Å². The molecule has 134 valence electrons. The Balaban J connectivity index is 1.84. The van der Waals surface area contributed by atoms with Gasteiger partial charge in [-0.15, -0.1) is 0 Å². The lowest BCUT2D eigenvalue weighted by Crippen LogP contribution is -2.38. The van der Waals surface area contributed by atoms with Gasteiger partial charge in [0, 0.05) is 24.7 Å². The Morgan fingerprint density at radius 2 is 1.80 bits per heavy atom. The van der Waals surface area contributed by atoms with E-state index in [0.29, 0.717) is 35.8 Å². The lowest BCUT2D eigenvalue weighted by molar-refractivity contribution is 0.0651. The molecule has 0 unspecified atom stereocenters. The number of benzene rings is 1. The van der Waals surface area contributed by atoms with Crippen LogP contribution in [0.25, 0.3) is 0 Å². The highest BCUT2D eigenvalue weighted by Gasteiger charge is 2.36. The van der Waals surface area contributed by atoms with Crippen LogP contribution in [-0.2, 0) is 0 Å². The minimum atomic E-state index is -0.271. The van der Waals surface area contributed by atoms with Gasteiger partial charge in [0.05, 0.1) is 11.1 Å². The molecule has 0 N–H and O–H groups in total. The van der Waals surface area contributed by atoms with Gasteiger partial charge in [-0.3, -0.25) is 19.3 Å². The average molecular weight is 342 g/mol. The smallest absolute Gasteiger partial charge is 0.261 e. The van der Waals surface area contributed by atoms with Crippen molar-refractivity contribution in [2.24, 2.45) is 0 Å². The zero-order valence-electron chi connectivity index (χ0n) is 15.1.